The summed E-state index contributed by atoms with van der Waals surface area (Å²) in [5.41, 5.74) is -0.675. The van der Waals surface area contributed by atoms with Crippen molar-refractivity contribution < 1.29 is 14.4 Å². The van der Waals surface area contributed by atoms with E-state index in [1.54, 1.807) is 0 Å². The molecule has 0 bridgehead atoms. The van der Waals surface area contributed by atoms with Crippen LogP contribution in [0.3, 0.4) is 0 Å². The number of hydrogen-bond acceptors (Lipinski definition) is 3. The van der Waals surface area contributed by atoms with Gasteiger partial charge in [-0.2, -0.15) is 0 Å². The Balaban J connectivity index is 1.59. The highest BCUT2D eigenvalue weighted by Crippen LogP contribution is 2.33. The third-order valence-corrected chi connectivity index (χ3v) is 4.96. The van der Waals surface area contributed by atoms with E-state index in [2.05, 4.69) is 5.32 Å². The van der Waals surface area contributed by atoms with Crippen molar-refractivity contribution in [2.75, 3.05) is 19.6 Å². The zero-order valence-electron chi connectivity index (χ0n) is 12.4. The fourth-order valence-corrected chi connectivity index (χ4v) is 3.71. The summed E-state index contributed by atoms with van der Waals surface area (Å²) >= 11 is 0. The molecule has 0 atom stereocenters. The smallest absolute Gasteiger partial charge is 0.325 e. The molecule has 3 rings (SSSR count). The van der Waals surface area contributed by atoms with Crippen molar-refractivity contribution in [1.82, 2.24) is 15.1 Å². The number of carbonyl (C=O) groups excluding carboxylic acids is 3. The van der Waals surface area contributed by atoms with Gasteiger partial charge in [0.05, 0.1) is 0 Å². The molecule has 6 heteroatoms. The molecular weight excluding hydrogens is 270 g/mol. The van der Waals surface area contributed by atoms with Crippen LogP contribution in [0.2, 0.25) is 0 Å². The molecule has 116 valence electrons. The summed E-state index contributed by atoms with van der Waals surface area (Å²) in [5.74, 6) is -0.0703. The molecule has 1 aliphatic carbocycles. The minimum absolute atomic E-state index is 0.0534. The molecule has 0 aromatic carbocycles. The number of amides is 4. The van der Waals surface area contributed by atoms with E-state index in [0.29, 0.717) is 0 Å². The third kappa shape index (κ3) is 2.63. The van der Waals surface area contributed by atoms with Crippen molar-refractivity contribution in [2.24, 2.45) is 0 Å². The number of hydrogen-bond donors (Lipinski definition) is 1. The van der Waals surface area contributed by atoms with E-state index in [9.17, 15) is 14.4 Å². The highest BCUT2D eigenvalue weighted by atomic mass is 16.2. The van der Waals surface area contributed by atoms with Crippen molar-refractivity contribution in [3.8, 4) is 0 Å². The van der Waals surface area contributed by atoms with Crippen molar-refractivity contribution >= 4 is 17.8 Å². The van der Waals surface area contributed by atoms with Gasteiger partial charge < -0.3 is 10.2 Å². The van der Waals surface area contributed by atoms with Gasteiger partial charge in [-0.05, 0) is 25.7 Å². The molecule has 2 heterocycles. The second kappa shape index (κ2) is 5.66. The van der Waals surface area contributed by atoms with E-state index < -0.39 is 5.54 Å². The van der Waals surface area contributed by atoms with Gasteiger partial charge in [-0.15, -0.1) is 0 Å². The van der Waals surface area contributed by atoms with Gasteiger partial charge >= 0.3 is 6.03 Å². The summed E-state index contributed by atoms with van der Waals surface area (Å²) in [6.45, 7) is 1.83. The lowest BCUT2D eigenvalue weighted by Crippen LogP contribution is -2.48. The number of rotatable bonds is 3. The SMILES string of the molecule is O=C(CCN1C(=O)NC2(CCCCC2)C1=O)N1CCCC1. The zero-order valence-corrected chi connectivity index (χ0v) is 12.4. The van der Waals surface area contributed by atoms with E-state index in [4.69, 9.17) is 0 Å². The van der Waals surface area contributed by atoms with Crippen LogP contribution in [0.5, 0.6) is 0 Å². The molecule has 3 fully saturated rings. The van der Waals surface area contributed by atoms with Crippen LogP contribution in [0.4, 0.5) is 4.79 Å². The molecule has 1 spiro atoms. The van der Waals surface area contributed by atoms with Gasteiger partial charge in [0.25, 0.3) is 5.91 Å². The van der Waals surface area contributed by atoms with Crippen molar-refractivity contribution in [3.63, 3.8) is 0 Å². The lowest BCUT2D eigenvalue weighted by atomic mass is 9.82. The molecule has 0 aromatic heterocycles. The van der Waals surface area contributed by atoms with E-state index in [-0.39, 0.29) is 30.8 Å². The van der Waals surface area contributed by atoms with Crippen LogP contribution < -0.4 is 5.32 Å². The molecule has 21 heavy (non-hydrogen) atoms. The fraction of sp³-hybridized carbons (Fsp3) is 0.800. The standard InChI is InChI=1S/C15H23N3O3/c19-12(17-9-4-5-10-17)6-11-18-13(20)15(16-14(18)21)7-2-1-3-8-15/h1-11H2,(H,16,21). The van der Waals surface area contributed by atoms with E-state index in [1.165, 1.54) is 4.90 Å². The first-order chi connectivity index (χ1) is 10.1. The van der Waals surface area contributed by atoms with Crippen LogP contribution in [-0.2, 0) is 9.59 Å². The maximum atomic E-state index is 12.5. The molecule has 1 N–H and O–H groups in total. The quantitative estimate of drug-likeness (QED) is 0.796. The fourth-order valence-electron chi connectivity index (χ4n) is 3.71. The first kappa shape index (κ1) is 14.4. The number of urea groups is 1. The van der Waals surface area contributed by atoms with Gasteiger partial charge in [0, 0.05) is 26.1 Å². The number of likely N-dealkylation sites (tertiary alicyclic amines) is 1. The monoisotopic (exact) mass is 293 g/mol. The molecule has 3 aliphatic rings. The predicted octanol–water partition coefficient (Wildman–Crippen LogP) is 1.25. The van der Waals surface area contributed by atoms with Crippen LogP contribution in [-0.4, -0.2) is 52.8 Å². The van der Waals surface area contributed by atoms with E-state index in [1.807, 2.05) is 4.90 Å². The van der Waals surface area contributed by atoms with Gasteiger partial charge in [-0.25, -0.2) is 4.79 Å². The second-order valence-corrected chi connectivity index (χ2v) is 6.37. The molecule has 1 saturated carbocycles. The zero-order chi connectivity index (χ0) is 14.9. The summed E-state index contributed by atoms with van der Waals surface area (Å²) in [7, 11) is 0. The number of nitrogens with zero attached hydrogens (tertiary/aromatic N) is 2. The molecule has 0 aromatic rings. The minimum Gasteiger partial charge on any atom is -0.343 e. The Morgan fingerprint density at radius 1 is 1.05 bits per heavy atom. The Morgan fingerprint density at radius 3 is 2.38 bits per heavy atom. The van der Waals surface area contributed by atoms with Crippen LogP contribution in [0, 0.1) is 0 Å². The molecule has 6 nitrogen and oxygen atoms in total. The van der Waals surface area contributed by atoms with E-state index >= 15 is 0 Å². The lowest BCUT2D eigenvalue weighted by molar-refractivity contribution is -0.134. The maximum absolute atomic E-state index is 12.5. The van der Waals surface area contributed by atoms with Gasteiger partial charge in [0.1, 0.15) is 5.54 Å². The normalized spacial score (nSPS) is 24.8. The number of imide groups is 1. The molecule has 2 saturated heterocycles. The Bertz CT molecular complexity index is 451. The maximum Gasteiger partial charge on any atom is 0.325 e. The van der Waals surface area contributed by atoms with Gasteiger partial charge in [0.15, 0.2) is 0 Å². The molecule has 4 amide bonds. The van der Waals surface area contributed by atoms with Gasteiger partial charge in [0.2, 0.25) is 5.91 Å². The molecule has 2 aliphatic heterocycles. The Hall–Kier alpha value is -1.59. The average molecular weight is 293 g/mol. The highest BCUT2D eigenvalue weighted by Gasteiger charge is 2.51. The molecule has 0 radical (unpaired) electrons. The van der Waals surface area contributed by atoms with Crippen LogP contribution in [0.25, 0.3) is 0 Å². The van der Waals surface area contributed by atoms with E-state index in [0.717, 1.165) is 58.0 Å². The Morgan fingerprint density at radius 2 is 1.71 bits per heavy atom. The summed E-state index contributed by atoms with van der Waals surface area (Å²) in [5, 5.41) is 2.87. The molecular formula is C15H23N3O3. The summed E-state index contributed by atoms with van der Waals surface area (Å²) < 4.78 is 0. The number of nitrogens with one attached hydrogen (secondary N) is 1. The van der Waals surface area contributed by atoms with Crippen LogP contribution >= 0.6 is 0 Å². The van der Waals surface area contributed by atoms with Gasteiger partial charge in [-0.3, -0.25) is 14.5 Å². The predicted molar refractivity (Wildman–Crippen MR) is 76.5 cm³/mol. The number of carbonyl (C=O) groups is 3. The second-order valence-electron chi connectivity index (χ2n) is 6.37. The highest BCUT2D eigenvalue weighted by molar-refractivity contribution is 6.07. The molecule has 0 unspecified atom stereocenters. The third-order valence-electron chi connectivity index (χ3n) is 4.96. The Labute approximate surface area is 124 Å². The van der Waals surface area contributed by atoms with Crippen molar-refractivity contribution in [1.29, 1.82) is 0 Å². The summed E-state index contributed by atoms with van der Waals surface area (Å²) in [6.07, 6.45) is 6.89. The first-order valence-electron chi connectivity index (χ1n) is 8.04. The van der Waals surface area contributed by atoms with Crippen molar-refractivity contribution in [3.05, 3.63) is 0 Å². The summed E-state index contributed by atoms with van der Waals surface area (Å²) in [4.78, 5) is 39.7. The topological polar surface area (TPSA) is 69.7 Å². The van der Waals surface area contributed by atoms with Crippen LogP contribution in [0.15, 0.2) is 0 Å². The Kier molecular flexibility index (Phi) is 3.87. The van der Waals surface area contributed by atoms with Crippen molar-refractivity contribution in [2.45, 2.75) is 56.9 Å². The van der Waals surface area contributed by atoms with Crippen LogP contribution in [0.1, 0.15) is 51.4 Å². The summed E-state index contributed by atoms with van der Waals surface area (Å²) in [6, 6.07) is -0.323. The lowest BCUT2D eigenvalue weighted by Gasteiger charge is -2.30. The van der Waals surface area contributed by atoms with Gasteiger partial charge in [-0.1, -0.05) is 19.3 Å². The largest absolute Gasteiger partial charge is 0.343 e. The first-order valence-corrected chi connectivity index (χ1v) is 8.04. The minimum atomic E-state index is -0.675. The average Bonchev–Trinajstić information content (AvgIpc) is 3.08.